The van der Waals surface area contributed by atoms with Crippen molar-refractivity contribution in [2.75, 3.05) is 0 Å². The van der Waals surface area contributed by atoms with E-state index in [9.17, 15) is 5.11 Å². The Kier molecular flexibility index (Phi) is 3.54. The molecule has 4 heteroatoms. The summed E-state index contributed by atoms with van der Waals surface area (Å²) in [7, 11) is 0. The Hall–Kier alpha value is -0.160. The molecule has 0 aliphatic carbocycles. The van der Waals surface area contributed by atoms with Crippen molar-refractivity contribution in [3.63, 3.8) is 0 Å². The van der Waals surface area contributed by atoms with Crippen molar-refractivity contribution in [1.29, 1.82) is 0 Å². The number of hydrogen-bond acceptors (Lipinski definition) is 3. The second-order valence-corrected chi connectivity index (χ2v) is 7.27. The molecule has 86 valence electrons. The van der Waals surface area contributed by atoms with Gasteiger partial charge in [0.25, 0.3) is 0 Å². The van der Waals surface area contributed by atoms with Crippen LogP contribution >= 0.6 is 38.6 Å². The summed E-state index contributed by atoms with van der Waals surface area (Å²) >= 11 is 6.80. The average Bonchev–Trinajstić information content (AvgIpc) is 2.72. The molecule has 0 bridgehead atoms. The van der Waals surface area contributed by atoms with Crippen LogP contribution in [0.2, 0.25) is 0 Å². The Morgan fingerprint density at radius 1 is 1.06 bits per heavy atom. The predicted octanol–water partition coefficient (Wildman–Crippen LogP) is 4.58. The summed E-state index contributed by atoms with van der Waals surface area (Å²) < 4.78 is 1.08. The number of rotatable bonds is 2. The molecule has 2 aromatic heterocycles. The second-order valence-electron chi connectivity index (χ2n) is 3.84. The molecule has 1 nitrogen and oxygen atoms in total. The zero-order chi connectivity index (χ0) is 11.9. The van der Waals surface area contributed by atoms with Crippen LogP contribution in [0.25, 0.3) is 0 Å². The monoisotopic (exact) mass is 316 g/mol. The molecule has 0 aromatic carbocycles. The Balaban J connectivity index is 2.34. The molecule has 0 saturated carbocycles. The highest BCUT2D eigenvalue weighted by Gasteiger charge is 2.17. The molecular weight excluding hydrogens is 304 g/mol. The molecule has 0 aliphatic rings. The second kappa shape index (κ2) is 4.61. The molecule has 0 amide bonds. The van der Waals surface area contributed by atoms with E-state index in [-0.39, 0.29) is 0 Å². The number of hydrogen-bond donors (Lipinski definition) is 1. The standard InChI is InChI=1S/C12H13BrOS2/c1-6-4-10(15-7(6)2)12(14)11-5-9(13)8(3)16-11/h4-5,12,14H,1-3H3. The zero-order valence-electron chi connectivity index (χ0n) is 9.37. The van der Waals surface area contributed by atoms with Gasteiger partial charge in [0.1, 0.15) is 6.10 Å². The smallest absolute Gasteiger partial charge is 0.122 e. The fourth-order valence-electron chi connectivity index (χ4n) is 1.49. The third-order valence-electron chi connectivity index (χ3n) is 2.60. The van der Waals surface area contributed by atoms with E-state index in [1.165, 1.54) is 15.3 Å². The quantitative estimate of drug-likeness (QED) is 0.859. The molecule has 1 N–H and O–H groups in total. The van der Waals surface area contributed by atoms with Crippen molar-refractivity contribution in [3.8, 4) is 0 Å². The minimum Gasteiger partial charge on any atom is -0.382 e. The van der Waals surface area contributed by atoms with Gasteiger partial charge in [0.2, 0.25) is 0 Å². The Morgan fingerprint density at radius 2 is 1.62 bits per heavy atom. The molecule has 2 heterocycles. The lowest BCUT2D eigenvalue weighted by molar-refractivity contribution is 0.228. The van der Waals surface area contributed by atoms with Crippen LogP contribution in [0.5, 0.6) is 0 Å². The summed E-state index contributed by atoms with van der Waals surface area (Å²) in [6.07, 6.45) is -0.479. The molecule has 1 atom stereocenters. The highest BCUT2D eigenvalue weighted by molar-refractivity contribution is 9.10. The topological polar surface area (TPSA) is 20.2 Å². The normalized spacial score (nSPS) is 13.1. The van der Waals surface area contributed by atoms with E-state index in [0.29, 0.717) is 0 Å². The van der Waals surface area contributed by atoms with Crippen LogP contribution in [0.3, 0.4) is 0 Å². The Morgan fingerprint density at radius 3 is 2.06 bits per heavy atom. The van der Waals surface area contributed by atoms with Gasteiger partial charge in [-0.1, -0.05) is 0 Å². The molecule has 0 spiro atoms. The summed E-state index contributed by atoms with van der Waals surface area (Å²) in [5, 5.41) is 10.3. The maximum Gasteiger partial charge on any atom is 0.122 e. The number of aryl methyl sites for hydroxylation is 3. The van der Waals surface area contributed by atoms with Crippen molar-refractivity contribution in [2.45, 2.75) is 26.9 Å². The first-order valence-corrected chi connectivity index (χ1v) is 7.42. The van der Waals surface area contributed by atoms with E-state index < -0.39 is 6.10 Å². The van der Waals surface area contributed by atoms with Gasteiger partial charge in [-0.3, -0.25) is 0 Å². The van der Waals surface area contributed by atoms with Gasteiger partial charge in [0.05, 0.1) is 0 Å². The summed E-state index contributed by atoms with van der Waals surface area (Å²) in [6.45, 7) is 6.22. The fraction of sp³-hybridized carbons (Fsp3) is 0.333. The number of halogens is 1. The lowest BCUT2D eigenvalue weighted by Crippen LogP contribution is -1.92. The van der Waals surface area contributed by atoms with Crippen molar-refractivity contribution in [3.05, 3.63) is 41.7 Å². The van der Waals surface area contributed by atoms with Gasteiger partial charge < -0.3 is 5.11 Å². The number of aliphatic hydroxyl groups is 1. The molecule has 0 fully saturated rings. The van der Waals surface area contributed by atoms with Crippen LogP contribution in [0, 0.1) is 20.8 Å². The first-order valence-electron chi connectivity index (χ1n) is 5.00. The molecule has 0 saturated heterocycles. The van der Waals surface area contributed by atoms with Gasteiger partial charge >= 0.3 is 0 Å². The lowest BCUT2D eigenvalue weighted by Gasteiger charge is -2.04. The van der Waals surface area contributed by atoms with Gasteiger partial charge in [-0.15, -0.1) is 22.7 Å². The van der Waals surface area contributed by atoms with E-state index in [1.54, 1.807) is 22.7 Å². The van der Waals surface area contributed by atoms with Crippen LogP contribution in [0.15, 0.2) is 16.6 Å². The Bertz CT molecular complexity index is 428. The summed E-state index contributed by atoms with van der Waals surface area (Å²) in [4.78, 5) is 4.52. The van der Waals surface area contributed by atoms with Gasteiger partial charge in [-0.2, -0.15) is 0 Å². The molecule has 0 aliphatic heterocycles. The fourth-order valence-corrected chi connectivity index (χ4v) is 4.18. The third kappa shape index (κ3) is 2.25. The number of thiophene rings is 2. The van der Waals surface area contributed by atoms with Crippen LogP contribution < -0.4 is 0 Å². The van der Waals surface area contributed by atoms with E-state index in [1.807, 2.05) is 6.07 Å². The third-order valence-corrected chi connectivity index (χ3v) is 5.99. The van der Waals surface area contributed by atoms with Crippen molar-refractivity contribution in [2.24, 2.45) is 0 Å². The average molecular weight is 317 g/mol. The minimum atomic E-state index is -0.479. The van der Waals surface area contributed by atoms with Crippen molar-refractivity contribution in [1.82, 2.24) is 0 Å². The summed E-state index contributed by atoms with van der Waals surface area (Å²) in [5.41, 5.74) is 1.26. The first-order chi connectivity index (χ1) is 7.49. The van der Waals surface area contributed by atoms with E-state index in [0.717, 1.165) is 14.2 Å². The molecule has 16 heavy (non-hydrogen) atoms. The van der Waals surface area contributed by atoms with E-state index in [2.05, 4.69) is 42.8 Å². The van der Waals surface area contributed by atoms with E-state index >= 15 is 0 Å². The van der Waals surface area contributed by atoms with Gasteiger partial charge in [-0.25, -0.2) is 0 Å². The summed E-state index contributed by atoms with van der Waals surface area (Å²) in [6, 6.07) is 4.09. The highest BCUT2D eigenvalue weighted by atomic mass is 79.9. The number of aliphatic hydroxyl groups excluding tert-OH is 1. The van der Waals surface area contributed by atoms with Crippen molar-refractivity contribution >= 4 is 38.6 Å². The maximum atomic E-state index is 10.3. The molecule has 0 radical (unpaired) electrons. The zero-order valence-corrected chi connectivity index (χ0v) is 12.6. The van der Waals surface area contributed by atoms with Crippen LogP contribution in [0.4, 0.5) is 0 Å². The largest absolute Gasteiger partial charge is 0.382 e. The van der Waals surface area contributed by atoms with Crippen LogP contribution in [0.1, 0.15) is 31.2 Å². The van der Waals surface area contributed by atoms with Gasteiger partial charge in [0.15, 0.2) is 0 Å². The molecular formula is C12H13BrOS2. The maximum absolute atomic E-state index is 10.3. The van der Waals surface area contributed by atoms with Gasteiger partial charge in [0, 0.05) is 24.0 Å². The van der Waals surface area contributed by atoms with E-state index in [4.69, 9.17) is 0 Å². The minimum absolute atomic E-state index is 0.479. The molecule has 1 unspecified atom stereocenters. The first kappa shape index (κ1) is 12.3. The predicted molar refractivity (Wildman–Crippen MR) is 74.6 cm³/mol. The molecule has 2 aromatic rings. The van der Waals surface area contributed by atoms with Gasteiger partial charge in [-0.05, 0) is 54.4 Å². The van der Waals surface area contributed by atoms with Crippen molar-refractivity contribution < 1.29 is 5.11 Å². The lowest BCUT2D eigenvalue weighted by atomic mass is 10.2. The summed E-state index contributed by atoms with van der Waals surface area (Å²) in [5.74, 6) is 0. The van der Waals surface area contributed by atoms with Crippen LogP contribution in [-0.4, -0.2) is 5.11 Å². The Labute approximate surface area is 112 Å². The molecule has 2 rings (SSSR count). The van der Waals surface area contributed by atoms with Crippen LogP contribution in [-0.2, 0) is 0 Å². The highest BCUT2D eigenvalue weighted by Crippen LogP contribution is 2.36. The SMILES string of the molecule is Cc1cc(C(O)c2cc(Br)c(C)s2)sc1C.